The second-order valence-corrected chi connectivity index (χ2v) is 3.39. The number of hydrogen-bond acceptors (Lipinski definition) is 2. The number of thiophene rings is 1. The van der Waals surface area contributed by atoms with Crippen LogP contribution in [0.5, 0.6) is 0 Å². The lowest BCUT2D eigenvalue weighted by atomic mass is 10.3. The fraction of sp³-hybridized carbons (Fsp3) is 0.167. The lowest BCUT2D eigenvalue weighted by Gasteiger charge is -1.92. The van der Waals surface area contributed by atoms with Crippen LogP contribution in [-0.2, 0) is 0 Å². The molecule has 0 aliphatic rings. The van der Waals surface area contributed by atoms with Crippen molar-refractivity contribution < 1.29 is 9.18 Å². The standard InChI is InChI=1S/C6H4BrFOS/c7-6(8)5(9)4-2-1-3-10-4/h1-3,6H. The van der Waals surface area contributed by atoms with Crippen LogP contribution < -0.4 is 0 Å². The molecule has 10 heavy (non-hydrogen) atoms. The minimum absolute atomic E-state index is 0.448. The zero-order valence-electron chi connectivity index (χ0n) is 4.88. The molecule has 0 bridgehead atoms. The monoisotopic (exact) mass is 222 g/mol. The van der Waals surface area contributed by atoms with Gasteiger partial charge in [0.05, 0.1) is 4.88 Å². The number of carbonyl (C=O) groups is 1. The molecule has 0 spiro atoms. The largest absolute Gasteiger partial charge is 0.289 e. The zero-order valence-corrected chi connectivity index (χ0v) is 7.28. The number of ketones is 1. The predicted molar refractivity (Wildman–Crippen MR) is 42.5 cm³/mol. The lowest BCUT2D eigenvalue weighted by Crippen LogP contribution is -2.05. The number of Topliss-reactive ketones (excluding diaryl/α,β-unsaturated/α-hetero) is 1. The highest BCUT2D eigenvalue weighted by Gasteiger charge is 2.15. The average molecular weight is 223 g/mol. The van der Waals surface area contributed by atoms with Crippen LogP contribution in [0.3, 0.4) is 0 Å². The number of carbonyl (C=O) groups excluding carboxylic acids is 1. The summed E-state index contributed by atoms with van der Waals surface area (Å²) in [5.74, 6) is -0.505. The lowest BCUT2D eigenvalue weighted by molar-refractivity contribution is 0.0946. The first kappa shape index (κ1) is 7.88. The minimum atomic E-state index is -1.56. The molecule has 0 amide bonds. The SMILES string of the molecule is O=C(c1cccs1)C(F)Br. The van der Waals surface area contributed by atoms with Crippen LogP contribution >= 0.6 is 27.3 Å². The normalized spacial score (nSPS) is 13.0. The Balaban J connectivity index is 2.78. The van der Waals surface area contributed by atoms with Gasteiger partial charge in [-0.2, -0.15) is 0 Å². The van der Waals surface area contributed by atoms with E-state index in [2.05, 4.69) is 15.9 Å². The minimum Gasteiger partial charge on any atom is -0.289 e. The van der Waals surface area contributed by atoms with Crippen LogP contribution in [0.15, 0.2) is 17.5 Å². The second-order valence-electron chi connectivity index (χ2n) is 1.64. The summed E-state index contributed by atoms with van der Waals surface area (Å²) in [4.78, 5) is 11.2. The molecular weight excluding hydrogens is 219 g/mol. The molecular formula is C6H4BrFOS. The van der Waals surface area contributed by atoms with E-state index in [0.29, 0.717) is 4.88 Å². The maximum Gasteiger partial charge on any atom is 0.218 e. The molecule has 0 saturated carbocycles. The Bertz CT molecular complexity index is 220. The van der Waals surface area contributed by atoms with Crippen molar-refractivity contribution in [1.82, 2.24) is 0 Å². The average Bonchev–Trinajstić information content (AvgIpc) is 2.36. The fourth-order valence-corrected chi connectivity index (χ4v) is 1.60. The van der Waals surface area contributed by atoms with Gasteiger partial charge in [0.2, 0.25) is 10.9 Å². The van der Waals surface area contributed by atoms with E-state index in [1.807, 2.05) is 0 Å². The van der Waals surface area contributed by atoms with E-state index in [1.165, 1.54) is 11.3 Å². The van der Waals surface area contributed by atoms with Crippen molar-refractivity contribution in [2.45, 2.75) is 5.08 Å². The second kappa shape index (κ2) is 3.25. The first-order valence-corrected chi connectivity index (χ1v) is 4.37. The van der Waals surface area contributed by atoms with Gasteiger partial charge in [-0.25, -0.2) is 4.39 Å². The zero-order chi connectivity index (χ0) is 7.56. The van der Waals surface area contributed by atoms with Crippen LogP contribution in [-0.4, -0.2) is 10.9 Å². The Morgan fingerprint density at radius 3 is 2.90 bits per heavy atom. The Morgan fingerprint density at radius 2 is 2.50 bits per heavy atom. The number of halogens is 2. The molecule has 0 aliphatic heterocycles. The molecule has 1 heterocycles. The Kier molecular flexibility index (Phi) is 2.56. The summed E-state index contributed by atoms with van der Waals surface area (Å²) in [7, 11) is 0. The molecule has 0 N–H and O–H groups in total. The van der Waals surface area contributed by atoms with Gasteiger partial charge in [-0.1, -0.05) is 6.07 Å². The molecule has 1 unspecified atom stereocenters. The van der Waals surface area contributed by atoms with Crippen molar-refractivity contribution in [3.63, 3.8) is 0 Å². The first-order chi connectivity index (χ1) is 4.72. The molecule has 0 aromatic carbocycles. The van der Waals surface area contributed by atoms with Crippen molar-refractivity contribution in [3.8, 4) is 0 Å². The number of alkyl halides is 2. The summed E-state index contributed by atoms with van der Waals surface area (Å²) in [6.07, 6.45) is 0. The van der Waals surface area contributed by atoms with Gasteiger partial charge in [0.1, 0.15) is 0 Å². The van der Waals surface area contributed by atoms with Crippen molar-refractivity contribution in [3.05, 3.63) is 22.4 Å². The molecule has 4 heteroatoms. The highest BCUT2D eigenvalue weighted by molar-refractivity contribution is 9.09. The van der Waals surface area contributed by atoms with Crippen LogP contribution in [0, 0.1) is 0 Å². The van der Waals surface area contributed by atoms with Gasteiger partial charge in [0.25, 0.3) is 0 Å². The summed E-state index contributed by atoms with van der Waals surface area (Å²) in [5.41, 5.74) is 0. The van der Waals surface area contributed by atoms with E-state index in [-0.39, 0.29) is 0 Å². The van der Waals surface area contributed by atoms with Gasteiger partial charge in [0.15, 0.2) is 0 Å². The molecule has 54 valence electrons. The molecule has 1 aromatic heterocycles. The molecule has 0 aliphatic carbocycles. The Labute approximate surface area is 70.0 Å². The van der Waals surface area contributed by atoms with Gasteiger partial charge in [0, 0.05) is 0 Å². The van der Waals surface area contributed by atoms with E-state index >= 15 is 0 Å². The van der Waals surface area contributed by atoms with E-state index in [1.54, 1.807) is 17.5 Å². The van der Waals surface area contributed by atoms with Crippen LogP contribution in [0.4, 0.5) is 4.39 Å². The highest BCUT2D eigenvalue weighted by atomic mass is 79.9. The third kappa shape index (κ3) is 1.64. The van der Waals surface area contributed by atoms with Gasteiger partial charge in [-0.3, -0.25) is 4.79 Å². The summed E-state index contributed by atoms with van der Waals surface area (Å²) >= 11 is 3.79. The molecule has 0 fully saturated rings. The summed E-state index contributed by atoms with van der Waals surface area (Å²) in [6.45, 7) is 0. The Morgan fingerprint density at radius 1 is 1.80 bits per heavy atom. The fourth-order valence-electron chi connectivity index (χ4n) is 0.526. The molecule has 1 rings (SSSR count). The number of hydrogen-bond donors (Lipinski definition) is 0. The first-order valence-electron chi connectivity index (χ1n) is 2.57. The third-order valence-electron chi connectivity index (χ3n) is 0.962. The van der Waals surface area contributed by atoms with E-state index in [4.69, 9.17) is 0 Å². The van der Waals surface area contributed by atoms with Crippen LogP contribution in [0.25, 0.3) is 0 Å². The summed E-state index contributed by atoms with van der Waals surface area (Å²) < 4.78 is 12.2. The van der Waals surface area contributed by atoms with Crippen molar-refractivity contribution >= 4 is 33.0 Å². The van der Waals surface area contributed by atoms with Gasteiger partial charge in [-0.05, 0) is 27.4 Å². The summed E-state index contributed by atoms with van der Waals surface area (Å²) in [6, 6.07) is 3.31. The van der Waals surface area contributed by atoms with E-state index in [0.717, 1.165) is 0 Å². The molecule has 0 saturated heterocycles. The highest BCUT2D eigenvalue weighted by Crippen LogP contribution is 2.15. The molecule has 0 radical (unpaired) electrons. The van der Waals surface area contributed by atoms with E-state index in [9.17, 15) is 9.18 Å². The van der Waals surface area contributed by atoms with Crippen LogP contribution in [0.2, 0.25) is 0 Å². The quantitative estimate of drug-likeness (QED) is 0.556. The Hall–Kier alpha value is -0.220. The van der Waals surface area contributed by atoms with Gasteiger partial charge >= 0.3 is 0 Å². The van der Waals surface area contributed by atoms with Gasteiger partial charge in [-0.15, -0.1) is 11.3 Å². The van der Waals surface area contributed by atoms with E-state index < -0.39 is 10.9 Å². The topological polar surface area (TPSA) is 17.1 Å². The maximum atomic E-state index is 12.2. The smallest absolute Gasteiger partial charge is 0.218 e. The third-order valence-corrected chi connectivity index (χ3v) is 2.26. The number of rotatable bonds is 2. The van der Waals surface area contributed by atoms with Crippen molar-refractivity contribution in [2.24, 2.45) is 0 Å². The van der Waals surface area contributed by atoms with Crippen molar-refractivity contribution in [1.29, 1.82) is 0 Å². The van der Waals surface area contributed by atoms with Gasteiger partial charge < -0.3 is 0 Å². The predicted octanol–water partition coefficient (Wildman–Crippen LogP) is 2.62. The summed E-state index contributed by atoms with van der Waals surface area (Å²) in [5, 5.41) is 0.175. The molecule has 1 aromatic rings. The maximum absolute atomic E-state index is 12.2. The van der Waals surface area contributed by atoms with Crippen LogP contribution in [0.1, 0.15) is 9.67 Å². The molecule has 1 atom stereocenters. The van der Waals surface area contributed by atoms with Crippen molar-refractivity contribution in [2.75, 3.05) is 0 Å². The molecule has 1 nitrogen and oxygen atoms in total.